The Morgan fingerprint density at radius 3 is 1.78 bits per heavy atom. The van der Waals surface area contributed by atoms with Gasteiger partial charge >= 0.3 is 5.97 Å². The van der Waals surface area contributed by atoms with Crippen LogP contribution in [0.5, 0.6) is 17.2 Å². The number of carbonyl (C=O) groups excluding carboxylic acids is 3. The van der Waals surface area contributed by atoms with E-state index < -0.39 is 5.97 Å². The lowest BCUT2D eigenvalue weighted by Gasteiger charge is -2.11. The Balaban J connectivity index is 1.64. The molecule has 0 bridgehead atoms. The Hall–Kier alpha value is -4.33. The number of hydrogen-bond acceptors (Lipinski definition) is 6. The van der Waals surface area contributed by atoms with Crippen LogP contribution in [-0.2, 0) is 4.79 Å². The van der Waals surface area contributed by atoms with Gasteiger partial charge in [-0.1, -0.05) is 6.07 Å². The van der Waals surface area contributed by atoms with Crippen LogP contribution in [0.2, 0.25) is 0 Å². The normalized spacial score (nSPS) is 10.1. The molecule has 3 aromatic rings. The number of anilines is 2. The quantitative estimate of drug-likeness (QED) is 0.428. The van der Waals surface area contributed by atoms with Gasteiger partial charge in [0.2, 0.25) is 0 Å². The van der Waals surface area contributed by atoms with Crippen molar-refractivity contribution in [3.63, 3.8) is 0 Å². The third kappa shape index (κ3) is 5.63. The molecule has 0 aliphatic carbocycles. The van der Waals surface area contributed by atoms with E-state index in [-0.39, 0.29) is 11.8 Å². The van der Waals surface area contributed by atoms with Crippen molar-refractivity contribution in [2.75, 3.05) is 24.9 Å². The van der Waals surface area contributed by atoms with Gasteiger partial charge < -0.3 is 24.8 Å². The van der Waals surface area contributed by atoms with E-state index in [2.05, 4.69) is 10.6 Å². The van der Waals surface area contributed by atoms with Crippen molar-refractivity contribution in [3.05, 3.63) is 77.9 Å². The first kappa shape index (κ1) is 22.4. The first-order valence-electron chi connectivity index (χ1n) is 9.63. The van der Waals surface area contributed by atoms with E-state index in [4.69, 9.17) is 14.2 Å². The predicted molar refractivity (Wildman–Crippen MR) is 120 cm³/mol. The van der Waals surface area contributed by atoms with Gasteiger partial charge in [-0.2, -0.15) is 0 Å². The fourth-order valence-corrected chi connectivity index (χ4v) is 2.89. The molecule has 0 atom stereocenters. The lowest BCUT2D eigenvalue weighted by Crippen LogP contribution is -2.13. The van der Waals surface area contributed by atoms with E-state index in [1.807, 2.05) is 0 Å². The summed E-state index contributed by atoms with van der Waals surface area (Å²) < 4.78 is 15.4. The molecule has 8 nitrogen and oxygen atoms in total. The number of amides is 2. The molecule has 0 radical (unpaired) electrons. The van der Waals surface area contributed by atoms with Gasteiger partial charge in [-0.05, 0) is 60.7 Å². The first-order chi connectivity index (χ1) is 15.4. The van der Waals surface area contributed by atoms with Crippen LogP contribution in [0.3, 0.4) is 0 Å². The van der Waals surface area contributed by atoms with E-state index in [1.54, 1.807) is 60.7 Å². The molecule has 3 aromatic carbocycles. The molecule has 32 heavy (non-hydrogen) atoms. The Labute approximate surface area is 185 Å². The van der Waals surface area contributed by atoms with E-state index in [0.717, 1.165) is 0 Å². The largest absolute Gasteiger partial charge is 0.493 e. The number of benzene rings is 3. The smallest absolute Gasteiger partial charge is 0.308 e. The van der Waals surface area contributed by atoms with Crippen LogP contribution in [0.4, 0.5) is 11.4 Å². The minimum Gasteiger partial charge on any atom is -0.493 e. The summed E-state index contributed by atoms with van der Waals surface area (Å²) in [5, 5.41) is 5.54. The van der Waals surface area contributed by atoms with Gasteiger partial charge in [0.15, 0.2) is 11.5 Å². The molecule has 0 aliphatic heterocycles. The van der Waals surface area contributed by atoms with E-state index in [9.17, 15) is 14.4 Å². The van der Waals surface area contributed by atoms with Crippen LogP contribution >= 0.6 is 0 Å². The number of ether oxygens (including phenoxy) is 3. The predicted octanol–water partition coefficient (Wildman–Crippen LogP) is 4.13. The lowest BCUT2D eigenvalue weighted by molar-refractivity contribution is -0.131. The van der Waals surface area contributed by atoms with Gasteiger partial charge in [0.1, 0.15) is 5.75 Å². The van der Waals surface area contributed by atoms with Crippen LogP contribution in [0.1, 0.15) is 27.6 Å². The summed E-state index contributed by atoms with van der Waals surface area (Å²) in [7, 11) is 3.02. The maximum atomic E-state index is 12.5. The molecule has 0 unspecified atom stereocenters. The van der Waals surface area contributed by atoms with Crippen LogP contribution in [0.15, 0.2) is 66.7 Å². The molecule has 0 saturated carbocycles. The maximum absolute atomic E-state index is 12.5. The van der Waals surface area contributed by atoms with Gasteiger partial charge in [0.25, 0.3) is 11.8 Å². The van der Waals surface area contributed by atoms with Crippen molar-refractivity contribution < 1.29 is 28.6 Å². The summed E-state index contributed by atoms with van der Waals surface area (Å²) in [4.78, 5) is 36.1. The van der Waals surface area contributed by atoms with Crippen molar-refractivity contribution in [2.45, 2.75) is 6.92 Å². The van der Waals surface area contributed by atoms with Crippen LogP contribution in [0, 0.1) is 0 Å². The van der Waals surface area contributed by atoms with Crippen molar-refractivity contribution >= 4 is 29.2 Å². The molecule has 0 aliphatic rings. The summed E-state index contributed by atoms with van der Waals surface area (Å²) in [6.07, 6.45) is 0. The monoisotopic (exact) mass is 434 g/mol. The minimum absolute atomic E-state index is 0.290. The third-order valence-corrected chi connectivity index (χ3v) is 4.40. The standard InChI is InChI=1S/C24H22N2O6/c1-15(27)32-20-6-4-5-16(13-20)23(28)25-18-8-10-19(11-9-18)26-24(29)17-7-12-21(30-2)22(14-17)31-3/h4-14H,1-3H3,(H,25,28)(H,26,29). The molecular formula is C24H22N2O6. The zero-order chi connectivity index (χ0) is 23.1. The molecule has 2 N–H and O–H groups in total. The molecule has 164 valence electrons. The number of hydrogen-bond donors (Lipinski definition) is 2. The second kappa shape index (κ2) is 10.1. The van der Waals surface area contributed by atoms with Gasteiger partial charge in [-0.15, -0.1) is 0 Å². The van der Waals surface area contributed by atoms with Gasteiger partial charge in [0.05, 0.1) is 14.2 Å². The number of esters is 1. The number of rotatable bonds is 7. The maximum Gasteiger partial charge on any atom is 0.308 e. The lowest BCUT2D eigenvalue weighted by atomic mass is 10.1. The highest BCUT2D eigenvalue weighted by molar-refractivity contribution is 6.06. The van der Waals surface area contributed by atoms with Crippen molar-refractivity contribution in [1.29, 1.82) is 0 Å². The molecular weight excluding hydrogens is 412 g/mol. The highest BCUT2D eigenvalue weighted by Gasteiger charge is 2.12. The van der Waals surface area contributed by atoms with Crippen LogP contribution in [0.25, 0.3) is 0 Å². The SMILES string of the molecule is COc1ccc(C(=O)Nc2ccc(NC(=O)c3cccc(OC(C)=O)c3)cc2)cc1OC. The second-order valence-corrected chi connectivity index (χ2v) is 6.68. The number of carbonyl (C=O) groups is 3. The molecule has 8 heteroatoms. The van der Waals surface area contributed by atoms with E-state index in [0.29, 0.717) is 39.8 Å². The molecule has 0 aromatic heterocycles. The zero-order valence-corrected chi connectivity index (χ0v) is 17.8. The fourth-order valence-electron chi connectivity index (χ4n) is 2.89. The Bertz CT molecular complexity index is 1140. The summed E-state index contributed by atoms with van der Waals surface area (Å²) in [5.74, 6) is 0.135. The van der Waals surface area contributed by atoms with Crippen LogP contribution in [-0.4, -0.2) is 32.0 Å². The Morgan fingerprint density at radius 1 is 0.688 bits per heavy atom. The summed E-state index contributed by atoms with van der Waals surface area (Å²) in [6, 6.07) is 17.9. The molecule has 2 amide bonds. The summed E-state index contributed by atoms with van der Waals surface area (Å²) in [5.41, 5.74) is 1.85. The molecule has 0 fully saturated rings. The topological polar surface area (TPSA) is 103 Å². The zero-order valence-electron chi connectivity index (χ0n) is 17.8. The van der Waals surface area contributed by atoms with Gasteiger partial charge in [-0.3, -0.25) is 14.4 Å². The number of nitrogens with one attached hydrogen (secondary N) is 2. The van der Waals surface area contributed by atoms with Gasteiger partial charge in [0, 0.05) is 29.4 Å². The summed E-state index contributed by atoms with van der Waals surface area (Å²) in [6.45, 7) is 1.29. The van der Waals surface area contributed by atoms with Crippen molar-refractivity contribution in [2.24, 2.45) is 0 Å². The minimum atomic E-state index is -0.465. The molecule has 0 spiro atoms. The highest BCUT2D eigenvalue weighted by Crippen LogP contribution is 2.28. The van der Waals surface area contributed by atoms with Crippen molar-refractivity contribution in [3.8, 4) is 17.2 Å². The average molecular weight is 434 g/mol. The highest BCUT2D eigenvalue weighted by atomic mass is 16.5. The third-order valence-electron chi connectivity index (χ3n) is 4.40. The van der Waals surface area contributed by atoms with Gasteiger partial charge in [-0.25, -0.2) is 0 Å². The fraction of sp³-hybridized carbons (Fsp3) is 0.125. The number of methoxy groups -OCH3 is 2. The van der Waals surface area contributed by atoms with E-state index in [1.165, 1.54) is 27.2 Å². The Kier molecular flexibility index (Phi) is 7.07. The average Bonchev–Trinajstić information content (AvgIpc) is 2.79. The van der Waals surface area contributed by atoms with Crippen molar-refractivity contribution in [1.82, 2.24) is 0 Å². The summed E-state index contributed by atoms with van der Waals surface area (Å²) >= 11 is 0. The first-order valence-corrected chi connectivity index (χ1v) is 9.63. The second-order valence-electron chi connectivity index (χ2n) is 6.68. The molecule has 3 rings (SSSR count). The molecule has 0 heterocycles. The van der Waals surface area contributed by atoms with E-state index >= 15 is 0 Å². The molecule has 0 saturated heterocycles. The Morgan fingerprint density at radius 2 is 1.25 bits per heavy atom. The van der Waals surface area contributed by atoms with Crippen LogP contribution < -0.4 is 24.8 Å².